The molecular weight excluding hydrogens is 2080 g/mol. The largest absolute Gasteiger partial charge is 0.511 e. The Labute approximate surface area is 851 Å². The summed E-state index contributed by atoms with van der Waals surface area (Å²) in [5, 5.41) is 115. The Morgan fingerprint density at radius 2 is 0.393 bits per heavy atom. The average Bonchev–Trinajstić information content (AvgIpc) is 0.895. The number of allylic oxidation sites excluding steroid dienone is 10. The summed E-state index contributed by atoms with van der Waals surface area (Å²) in [6, 6.07) is 0. The van der Waals surface area contributed by atoms with Gasteiger partial charge >= 0.3 is 28.9 Å². The second-order valence-electron chi connectivity index (χ2n) is 41.0. The summed E-state index contributed by atoms with van der Waals surface area (Å²) >= 11 is 0. The van der Waals surface area contributed by atoms with Crippen molar-refractivity contribution in [1.29, 1.82) is 0 Å². The predicted octanol–water partition coefficient (Wildman–Crippen LogP) is 19.9. The summed E-state index contributed by atoms with van der Waals surface area (Å²) < 4.78 is 14.4. The van der Waals surface area contributed by atoms with Crippen LogP contribution in [-0.2, 0) is 201 Å². The summed E-state index contributed by atoms with van der Waals surface area (Å²) in [6.45, 7) is 88.6. The number of aliphatic hydroxyl groups excluding tert-OH is 8. The Kier molecular flexibility index (Phi) is 122. The molecule has 0 saturated heterocycles. The van der Waals surface area contributed by atoms with Gasteiger partial charge in [-0.05, 0) is 221 Å². The second-order valence-corrected chi connectivity index (χ2v) is 41.0. The normalized spacial score (nSPS) is 12.1. The quantitative estimate of drug-likeness (QED) is 0.0268. The molecule has 0 aromatic rings. The van der Waals surface area contributed by atoms with Gasteiger partial charge in [-0.25, -0.2) is 0 Å². The van der Waals surface area contributed by atoms with Crippen molar-refractivity contribution < 1.29 is 291 Å². The Morgan fingerprint density at radius 1 is 0.291 bits per heavy atom. The topological polar surface area (TPSA) is 398 Å². The third kappa shape index (κ3) is 172. The summed E-state index contributed by atoms with van der Waals surface area (Å²) in [5.74, 6) is 2.08. The van der Waals surface area contributed by atoms with Crippen LogP contribution in [0.4, 0.5) is 0 Å². The first-order valence-electron chi connectivity index (χ1n) is 37.3. The van der Waals surface area contributed by atoms with Gasteiger partial charge in [0.15, 0.2) is 0 Å². The molecule has 0 spiro atoms. The van der Waals surface area contributed by atoms with Crippen LogP contribution in [0, 0.1) is 54.1 Å². The molecule has 0 amide bonds. The van der Waals surface area contributed by atoms with Crippen LogP contribution in [0.2, 0.25) is 0 Å². The van der Waals surface area contributed by atoms with Crippen LogP contribution in [-0.4, -0.2) is 207 Å². The second kappa shape index (κ2) is 81.1. The number of methoxy groups -OCH3 is 2. The molecule has 0 aliphatic carbocycles. The minimum absolute atomic E-state index is 0. The standard InChI is InChI=1S/5C11H20O2.C7H16O2.2C5H12O2.2C4H10O.2C3H8O.CH4O.CH4.2Hf.5Ti.Zr/c5*1-10(2,3)8(12)7-9(13)11(4,5)6;1-4-5-9-6-7(2,3)8;2*1-5(2,6)4-7-3;2*1-4(2,3)5;2*1-3(2)4;1-2;;;;;;;;;/h5*7,12H,1-6H3;8H,4-6H2,1-3H3;2*6H,4H2,1-3H3;2*5H,1-3H3;2*3-4H,1-2H3;2H,1H3;1H4;;;;;;;;/p+5. The van der Waals surface area contributed by atoms with Crippen molar-refractivity contribution in [3.8, 4) is 0 Å². The van der Waals surface area contributed by atoms with E-state index in [1.165, 1.54) is 30.4 Å². The molecule has 0 aliphatic rings. The minimum atomic E-state index is -0.672. The number of rotatable bonds is 13. The molecule has 29 heteroatoms. The number of ketones is 5. The maximum absolute atomic E-state index is 9.60. The van der Waals surface area contributed by atoms with E-state index in [0.29, 0.717) is 19.8 Å². The van der Waals surface area contributed by atoms with E-state index < -0.39 is 28.0 Å². The summed E-state index contributed by atoms with van der Waals surface area (Å²) in [5.41, 5.74) is -6.08. The smallest absolute Gasteiger partial charge is 0.325 e. The van der Waals surface area contributed by atoms with Gasteiger partial charge in [-0.1, -0.05) is 118 Å². The van der Waals surface area contributed by atoms with Gasteiger partial charge in [-0.2, -0.15) is 0 Å². The van der Waals surface area contributed by atoms with Crippen molar-refractivity contribution in [3.63, 3.8) is 0 Å². The van der Waals surface area contributed by atoms with Crippen molar-refractivity contribution in [3.05, 3.63) is 59.2 Å². The van der Waals surface area contributed by atoms with Gasteiger partial charge in [-0.3, -0.25) is 24.0 Å². The van der Waals surface area contributed by atoms with E-state index in [9.17, 15) is 49.5 Å². The van der Waals surface area contributed by atoms with E-state index in [-0.39, 0.29) is 318 Å². The van der Waals surface area contributed by atoms with Crippen LogP contribution in [0.25, 0.3) is 0 Å². The van der Waals surface area contributed by atoms with Crippen molar-refractivity contribution in [2.24, 2.45) is 54.1 Å². The molecule has 0 rings (SSSR count). The Bertz CT molecular complexity index is 2170. The SMILES string of the molecule is C.CC(C)(C)C(=[OH+])C=C(O)C(C)(C)C.CC(C)(C)C(=[OH+])C=C(O)C(C)(C)C.CC(C)(C)C(=[OH+])C=C(O)C(C)(C)C.CC(C)(C)C(=[OH+])C=C(O)C(C)(C)C.CC(C)(C)C(=[OH+])C=C(O)C(C)(C)C.CC(C)(C)O.CC(C)(C)O.CC(C)O.CC(C)O.CCCOCC(C)(C)O.CO.COCC(C)(C)O.COCC(C)(C)O.[Hf].[Hf].[Ti].[Ti].[Ti].[Ti].[Ti].[Zr]. The monoisotopic (exact) mass is 2270 g/mol. The number of hydrogen-bond donors (Lipinski definition) is 13. The fourth-order valence-electron chi connectivity index (χ4n) is 3.99. The van der Waals surface area contributed by atoms with Gasteiger partial charge in [0.05, 0.1) is 105 Å². The zero-order valence-corrected chi connectivity index (χ0v) is 101. The summed E-state index contributed by atoms with van der Waals surface area (Å²) in [6.07, 6.45) is 7.90. The molecule has 0 unspecified atom stereocenters. The van der Waals surface area contributed by atoms with Crippen molar-refractivity contribution in [2.75, 3.05) is 47.8 Å². The average molecular weight is 2270 g/mol. The number of aliphatic hydroxyl groups is 13. The van der Waals surface area contributed by atoms with Crippen LogP contribution >= 0.6 is 0 Å². The zero-order chi connectivity index (χ0) is 91.6. The molecule has 0 aliphatic heterocycles. The number of carbonyl (C=O) groups excluding carboxylic acids is 5. The summed E-state index contributed by atoms with van der Waals surface area (Å²) in [7, 11) is 4.13. The van der Waals surface area contributed by atoms with E-state index in [4.69, 9.17) is 45.6 Å². The number of ether oxygens (including phenoxy) is 3. The van der Waals surface area contributed by atoms with Gasteiger partial charge < -0.3 is 80.6 Å². The molecule has 0 radical (unpaired) electrons. The van der Waals surface area contributed by atoms with Gasteiger partial charge in [-0.15, -0.1) is 0 Å². The predicted molar refractivity (Wildman–Crippen MR) is 470 cm³/mol. The van der Waals surface area contributed by atoms with Crippen LogP contribution < -0.4 is 0 Å². The van der Waals surface area contributed by atoms with E-state index in [1.807, 2.05) is 215 Å². The zero-order valence-electron chi connectivity index (χ0n) is 83.4. The van der Waals surface area contributed by atoms with E-state index in [0.717, 1.165) is 20.1 Å². The first-order chi connectivity index (χ1) is 46.4. The molecule has 0 heterocycles. The van der Waals surface area contributed by atoms with Crippen LogP contribution in [0.1, 0.15) is 339 Å². The van der Waals surface area contributed by atoms with Crippen LogP contribution in [0.3, 0.4) is 0 Å². The fourth-order valence-corrected chi connectivity index (χ4v) is 3.99. The van der Waals surface area contributed by atoms with Crippen molar-refractivity contribution in [2.45, 2.75) is 379 Å². The molecule has 0 aromatic heterocycles. The molecule has 0 bridgehead atoms. The van der Waals surface area contributed by atoms with Gasteiger partial charge in [0, 0.05) is 254 Å². The molecule has 117 heavy (non-hydrogen) atoms. The number of hydrogen-bond acceptors (Lipinski definition) is 16. The molecule has 21 nitrogen and oxygen atoms in total. The van der Waals surface area contributed by atoms with Crippen LogP contribution in [0.15, 0.2) is 59.2 Å². The molecular formula is C88H189Hf2O21Ti5Zr+5. The third-order valence-corrected chi connectivity index (χ3v) is 10.9. The van der Waals surface area contributed by atoms with E-state index in [2.05, 4.69) is 9.47 Å². The Morgan fingerprint density at radius 3 is 0.444 bits per heavy atom. The van der Waals surface area contributed by atoms with Crippen LogP contribution in [0.5, 0.6) is 0 Å². The molecule has 694 valence electrons. The van der Waals surface area contributed by atoms with Gasteiger partial charge in [0.25, 0.3) is 0 Å². The van der Waals surface area contributed by atoms with Crippen molar-refractivity contribution in [1.82, 2.24) is 0 Å². The first kappa shape index (κ1) is 176. The van der Waals surface area contributed by atoms with Gasteiger partial charge in [0.2, 0.25) is 0 Å². The minimum Gasteiger partial charge on any atom is -0.511 e. The maximum atomic E-state index is 9.60. The molecule has 0 fully saturated rings. The first-order valence-corrected chi connectivity index (χ1v) is 37.3. The molecule has 0 aromatic carbocycles. The Hall–Kier alpha value is 1.80. The van der Waals surface area contributed by atoms with E-state index >= 15 is 0 Å². The molecule has 0 saturated carbocycles. The van der Waals surface area contributed by atoms with Gasteiger partial charge in [0.1, 0.15) is 28.8 Å². The fraction of sp³-hybridized carbons (Fsp3) is 0.830. The molecule has 18 N–H and O–H groups in total. The summed E-state index contributed by atoms with van der Waals surface area (Å²) in [4.78, 5) is 48.0. The third-order valence-electron chi connectivity index (χ3n) is 10.9. The maximum Gasteiger partial charge on any atom is 0.325 e. The van der Waals surface area contributed by atoms with Crippen molar-refractivity contribution >= 4 is 28.9 Å². The molecule has 0 atom stereocenters. The Balaban J connectivity index is -0.0000000424. The van der Waals surface area contributed by atoms with E-state index in [1.54, 1.807) is 125 Å².